The van der Waals surface area contributed by atoms with Crippen LogP contribution in [0.15, 0.2) is 12.5 Å². The molecule has 2 atom stereocenters. The summed E-state index contributed by atoms with van der Waals surface area (Å²) in [6.45, 7) is 1.71. The van der Waals surface area contributed by atoms with E-state index in [1.165, 1.54) is 0 Å². The molecule has 0 saturated carbocycles. The second kappa shape index (κ2) is 7.87. The van der Waals surface area contributed by atoms with Gasteiger partial charge in [-0.3, -0.25) is 4.79 Å². The van der Waals surface area contributed by atoms with E-state index < -0.39 is 11.9 Å². The zero-order chi connectivity index (χ0) is 12.1. The molecule has 5 nitrogen and oxygen atoms in total. The molecule has 1 radical (unpaired) electrons. The number of nitrogens with zero attached hydrogens (tertiary/aromatic N) is 2. The maximum Gasteiger partial charge on any atom is 0.306 e. The minimum Gasteiger partial charge on any atom is -0.481 e. The molecule has 0 aromatic carbocycles. The van der Waals surface area contributed by atoms with Crippen molar-refractivity contribution >= 4 is 35.5 Å². The third kappa shape index (κ3) is 4.43. The Balaban J connectivity index is 0.00000256. The Labute approximate surface area is 123 Å². The van der Waals surface area contributed by atoms with E-state index in [0.717, 1.165) is 5.69 Å². The van der Waals surface area contributed by atoms with E-state index in [1.54, 1.807) is 12.5 Å². The monoisotopic (exact) mass is 249 g/mol. The molecule has 0 saturated heterocycles. The van der Waals surface area contributed by atoms with Crippen LogP contribution in [0.4, 0.5) is 0 Å². The standard InChI is InChI=1S/C11H18N2O3.Na/c1-3-10(11(15)16)8(6-14)4-9-5-12-7-13(9)2;/h5,7-8,10,14H,3-4,6H2,1-2H3,(H,15,16);/t8-,10+;/m0./s1. The van der Waals surface area contributed by atoms with E-state index >= 15 is 0 Å². The number of imidazole rings is 1. The van der Waals surface area contributed by atoms with E-state index in [1.807, 2.05) is 18.5 Å². The zero-order valence-electron chi connectivity index (χ0n) is 10.6. The van der Waals surface area contributed by atoms with Crippen molar-refractivity contribution in [1.29, 1.82) is 0 Å². The van der Waals surface area contributed by atoms with Crippen LogP contribution in [0.3, 0.4) is 0 Å². The summed E-state index contributed by atoms with van der Waals surface area (Å²) in [5, 5.41) is 18.3. The molecule has 0 aliphatic carbocycles. The number of hydrogen-bond donors (Lipinski definition) is 2. The molecule has 0 fully saturated rings. The van der Waals surface area contributed by atoms with Crippen LogP contribution >= 0.6 is 0 Å². The van der Waals surface area contributed by atoms with Crippen molar-refractivity contribution in [3.05, 3.63) is 18.2 Å². The van der Waals surface area contributed by atoms with Crippen LogP contribution in [0, 0.1) is 11.8 Å². The van der Waals surface area contributed by atoms with Gasteiger partial charge in [0.2, 0.25) is 0 Å². The Hall–Kier alpha value is -0.360. The minimum atomic E-state index is -0.844. The molecule has 0 bridgehead atoms. The number of rotatable bonds is 6. The number of carbonyl (C=O) groups is 1. The van der Waals surface area contributed by atoms with Crippen LogP contribution in [-0.2, 0) is 18.3 Å². The number of carboxylic acid groups (broad SMARTS) is 1. The Kier molecular flexibility index (Phi) is 7.70. The number of hydrogen-bond acceptors (Lipinski definition) is 3. The maximum atomic E-state index is 11.0. The molecule has 0 spiro atoms. The molecule has 1 rings (SSSR count). The predicted octanol–water partition coefficient (Wildman–Crippen LogP) is 0.301. The normalized spacial score (nSPS) is 13.8. The van der Waals surface area contributed by atoms with Gasteiger partial charge >= 0.3 is 5.97 Å². The summed E-state index contributed by atoms with van der Waals surface area (Å²) in [7, 11) is 1.86. The molecule has 0 unspecified atom stereocenters. The maximum absolute atomic E-state index is 11.0. The summed E-state index contributed by atoms with van der Waals surface area (Å²) < 4.78 is 1.84. The van der Waals surface area contributed by atoms with Crippen LogP contribution in [0.1, 0.15) is 19.0 Å². The van der Waals surface area contributed by atoms with E-state index in [9.17, 15) is 9.90 Å². The van der Waals surface area contributed by atoms with Gasteiger partial charge in [0.25, 0.3) is 0 Å². The molecule has 91 valence electrons. The molecule has 6 heteroatoms. The van der Waals surface area contributed by atoms with Crippen molar-refractivity contribution in [3.8, 4) is 0 Å². The SMILES string of the molecule is CC[C@@H](C(=O)O)[C@H](CO)Cc1cncn1C.[Na]. The number of carboxylic acids is 1. The first kappa shape index (κ1) is 16.6. The fourth-order valence-corrected chi connectivity index (χ4v) is 1.89. The molecular formula is C11H18N2NaO3. The quantitative estimate of drug-likeness (QED) is 0.711. The summed E-state index contributed by atoms with van der Waals surface area (Å²) in [5.41, 5.74) is 0.943. The van der Waals surface area contributed by atoms with E-state index in [4.69, 9.17) is 5.11 Å². The van der Waals surface area contributed by atoms with Crippen LogP contribution in [0.2, 0.25) is 0 Å². The van der Waals surface area contributed by atoms with E-state index in [-0.39, 0.29) is 42.1 Å². The first-order valence-corrected chi connectivity index (χ1v) is 5.39. The molecule has 1 heterocycles. The van der Waals surface area contributed by atoms with Crippen molar-refractivity contribution < 1.29 is 15.0 Å². The predicted molar refractivity (Wildman–Crippen MR) is 64.7 cm³/mol. The molecule has 2 N–H and O–H groups in total. The van der Waals surface area contributed by atoms with Gasteiger partial charge in [0.05, 0.1) is 12.2 Å². The van der Waals surface area contributed by atoms with Crippen molar-refractivity contribution in [1.82, 2.24) is 9.55 Å². The van der Waals surface area contributed by atoms with E-state index in [2.05, 4.69) is 4.98 Å². The van der Waals surface area contributed by atoms with Gasteiger partial charge in [0.15, 0.2) is 0 Å². The van der Waals surface area contributed by atoms with Gasteiger partial charge < -0.3 is 14.8 Å². The topological polar surface area (TPSA) is 75.3 Å². The van der Waals surface area contributed by atoms with Gasteiger partial charge in [0.1, 0.15) is 0 Å². The first-order valence-electron chi connectivity index (χ1n) is 5.39. The number of aromatic nitrogens is 2. The second-order valence-electron chi connectivity index (χ2n) is 4.00. The molecule has 17 heavy (non-hydrogen) atoms. The Morgan fingerprint density at radius 1 is 1.59 bits per heavy atom. The largest absolute Gasteiger partial charge is 0.481 e. The van der Waals surface area contributed by atoms with Crippen LogP contribution < -0.4 is 0 Å². The third-order valence-corrected chi connectivity index (χ3v) is 2.95. The average Bonchev–Trinajstić information content (AvgIpc) is 2.63. The Morgan fingerprint density at radius 2 is 2.24 bits per heavy atom. The molecule has 1 aromatic rings. The van der Waals surface area contributed by atoms with Crippen molar-refractivity contribution in [2.75, 3.05) is 6.61 Å². The van der Waals surface area contributed by atoms with Gasteiger partial charge in [-0.05, 0) is 12.8 Å². The fourth-order valence-electron chi connectivity index (χ4n) is 1.89. The number of aliphatic hydroxyl groups is 1. The Bertz CT molecular complexity index is 354. The van der Waals surface area contributed by atoms with Crippen LogP contribution in [-0.4, -0.2) is 61.9 Å². The van der Waals surface area contributed by atoms with Crippen molar-refractivity contribution in [2.45, 2.75) is 19.8 Å². The summed E-state index contributed by atoms with van der Waals surface area (Å²) in [6, 6.07) is 0. The van der Waals surface area contributed by atoms with Gasteiger partial charge in [-0.2, -0.15) is 0 Å². The minimum absolute atomic E-state index is 0. The van der Waals surface area contributed by atoms with Crippen LogP contribution in [0.5, 0.6) is 0 Å². The van der Waals surface area contributed by atoms with E-state index in [0.29, 0.717) is 12.8 Å². The molecule has 0 aliphatic rings. The molecule has 0 amide bonds. The zero-order valence-corrected chi connectivity index (χ0v) is 12.6. The third-order valence-electron chi connectivity index (χ3n) is 2.95. The number of aliphatic hydroxyl groups excluding tert-OH is 1. The van der Waals surface area contributed by atoms with Gasteiger partial charge in [0, 0.05) is 61.0 Å². The first-order chi connectivity index (χ1) is 7.60. The summed E-state index contributed by atoms with van der Waals surface area (Å²) in [6.07, 6.45) is 4.44. The summed E-state index contributed by atoms with van der Waals surface area (Å²) in [5.74, 6) is -1.60. The van der Waals surface area contributed by atoms with Crippen molar-refractivity contribution in [2.24, 2.45) is 18.9 Å². The number of aliphatic carboxylic acids is 1. The fraction of sp³-hybridized carbons (Fsp3) is 0.636. The Morgan fingerprint density at radius 3 is 2.59 bits per heavy atom. The average molecular weight is 249 g/mol. The second-order valence-corrected chi connectivity index (χ2v) is 4.00. The number of aryl methyl sites for hydroxylation is 1. The smallest absolute Gasteiger partial charge is 0.306 e. The molecule has 0 aliphatic heterocycles. The van der Waals surface area contributed by atoms with Crippen molar-refractivity contribution in [3.63, 3.8) is 0 Å². The summed E-state index contributed by atoms with van der Waals surface area (Å²) in [4.78, 5) is 15.0. The van der Waals surface area contributed by atoms with Gasteiger partial charge in [-0.25, -0.2) is 4.98 Å². The van der Waals surface area contributed by atoms with Gasteiger partial charge in [-0.15, -0.1) is 0 Å². The molecular weight excluding hydrogens is 231 g/mol. The molecule has 1 aromatic heterocycles. The summed E-state index contributed by atoms with van der Waals surface area (Å²) >= 11 is 0. The van der Waals surface area contributed by atoms with Gasteiger partial charge in [-0.1, -0.05) is 6.92 Å². The van der Waals surface area contributed by atoms with Crippen LogP contribution in [0.25, 0.3) is 0 Å².